The number of halogens is 1. The summed E-state index contributed by atoms with van der Waals surface area (Å²) in [5.74, 6) is -3.01. The molecule has 0 aromatic heterocycles. The number of hydrogen-bond acceptors (Lipinski definition) is 6. The zero-order chi connectivity index (χ0) is 27.8. The first-order valence-electron chi connectivity index (χ1n) is 13.2. The molecule has 2 amide bonds. The number of carbonyl (C=O) groups excluding carboxylic acids is 3. The Kier molecular flexibility index (Phi) is 8.07. The SMILES string of the molecule is C=CCCOC(=O)[C@@H]1[C@H]2C(=O)N(CCCO)C(C(=O)N(CC=C)c3c(C)cccc3Cl)C23CC(C)[C@@]1(C)O3. The number of amides is 2. The highest BCUT2D eigenvalue weighted by Gasteiger charge is 2.80. The van der Waals surface area contributed by atoms with Crippen molar-refractivity contribution in [2.75, 3.05) is 31.2 Å². The lowest BCUT2D eigenvalue weighted by Crippen LogP contribution is -2.57. The number of carbonyl (C=O) groups is 3. The van der Waals surface area contributed by atoms with Crippen LogP contribution >= 0.6 is 11.6 Å². The summed E-state index contributed by atoms with van der Waals surface area (Å²) in [6, 6.07) is 4.39. The Morgan fingerprint density at radius 3 is 2.71 bits per heavy atom. The third-order valence-corrected chi connectivity index (χ3v) is 8.77. The first-order valence-corrected chi connectivity index (χ1v) is 13.5. The van der Waals surface area contributed by atoms with E-state index in [0.29, 0.717) is 23.6 Å². The van der Waals surface area contributed by atoms with Gasteiger partial charge < -0.3 is 24.4 Å². The summed E-state index contributed by atoms with van der Waals surface area (Å²) in [4.78, 5) is 45.1. The minimum Gasteiger partial charge on any atom is -0.465 e. The van der Waals surface area contributed by atoms with E-state index >= 15 is 0 Å². The molecule has 0 saturated carbocycles. The van der Waals surface area contributed by atoms with E-state index < -0.39 is 35.0 Å². The number of aliphatic hydroxyl groups excluding tert-OH is 1. The smallest absolute Gasteiger partial charge is 0.312 e. The van der Waals surface area contributed by atoms with Crippen molar-refractivity contribution in [1.29, 1.82) is 0 Å². The Morgan fingerprint density at radius 2 is 2.08 bits per heavy atom. The fourth-order valence-corrected chi connectivity index (χ4v) is 7.05. The van der Waals surface area contributed by atoms with Crippen LogP contribution in [0, 0.1) is 24.7 Å². The second-order valence-electron chi connectivity index (χ2n) is 10.7. The van der Waals surface area contributed by atoms with Gasteiger partial charge in [0.05, 0.1) is 28.8 Å². The van der Waals surface area contributed by atoms with Gasteiger partial charge in [0.25, 0.3) is 5.91 Å². The van der Waals surface area contributed by atoms with Crippen LogP contribution in [0.5, 0.6) is 0 Å². The molecule has 3 fully saturated rings. The summed E-state index contributed by atoms with van der Waals surface area (Å²) in [6.07, 6.45) is 4.49. The molecule has 3 aliphatic rings. The number of para-hydroxylation sites is 1. The highest BCUT2D eigenvalue weighted by atomic mass is 35.5. The van der Waals surface area contributed by atoms with Crippen molar-refractivity contribution in [3.05, 3.63) is 54.1 Å². The lowest BCUT2D eigenvalue weighted by Gasteiger charge is -2.37. The number of hydrogen-bond donors (Lipinski definition) is 1. The number of aryl methyl sites for hydroxylation is 1. The molecule has 8 nitrogen and oxygen atoms in total. The number of likely N-dealkylation sites (tertiary alicyclic amines) is 1. The van der Waals surface area contributed by atoms with Crippen LogP contribution in [0.3, 0.4) is 0 Å². The van der Waals surface area contributed by atoms with Gasteiger partial charge in [-0.15, -0.1) is 13.2 Å². The fraction of sp³-hybridized carbons (Fsp3) is 0.552. The van der Waals surface area contributed by atoms with E-state index in [-0.39, 0.29) is 50.5 Å². The Labute approximate surface area is 229 Å². The first-order chi connectivity index (χ1) is 18.1. The molecule has 9 heteroatoms. The molecule has 4 rings (SSSR count). The van der Waals surface area contributed by atoms with Gasteiger partial charge in [-0.1, -0.05) is 42.8 Å². The second kappa shape index (κ2) is 10.8. The van der Waals surface area contributed by atoms with Gasteiger partial charge in [-0.25, -0.2) is 0 Å². The zero-order valence-corrected chi connectivity index (χ0v) is 23.1. The molecule has 6 atom stereocenters. The van der Waals surface area contributed by atoms with Crippen molar-refractivity contribution in [3.8, 4) is 0 Å². The van der Waals surface area contributed by atoms with E-state index in [1.54, 1.807) is 23.1 Å². The number of fused-ring (bicyclic) bond motifs is 1. The molecule has 1 spiro atoms. The Bertz CT molecular complexity index is 1120. The Balaban J connectivity index is 1.82. The number of anilines is 1. The minimum atomic E-state index is -1.21. The average molecular weight is 545 g/mol. The maximum Gasteiger partial charge on any atom is 0.312 e. The number of nitrogens with zero attached hydrogens (tertiary/aromatic N) is 2. The molecular formula is C29H37ClN2O6. The van der Waals surface area contributed by atoms with Crippen LogP contribution in [0.4, 0.5) is 5.69 Å². The number of aliphatic hydroxyl groups is 1. The monoisotopic (exact) mass is 544 g/mol. The first kappa shape index (κ1) is 28.3. The van der Waals surface area contributed by atoms with Gasteiger partial charge in [0.2, 0.25) is 5.91 Å². The number of ether oxygens (including phenoxy) is 2. The zero-order valence-electron chi connectivity index (χ0n) is 22.3. The number of rotatable bonds is 11. The third-order valence-electron chi connectivity index (χ3n) is 8.46. The van der Waals surface area contributed by atoms with Gasteiger partial charge >= 0.3 is 5.97 Å². The molecule has 3 heterocycles. The van der Waals surface area contributed by atoms with E-state index in [1.807, 2.05) is 32.9 Å². The van der Waals surface area contributed by atoms with Crippen molar-refractivity contribution in [1.82, 2.24) is 4.90 Å². The van der Waals surface area contributed by atoms with E-state index in [9.17, 15) is 19.5 Å². The van der Waals surface area contributed by atoms with Crippen LogP contribution in [0.15, 0.2) is 43.5 Å². The van der Waals surface area contributed by atoms with E-state index in [0.717, 1.165) is 5.56 Å². The standard InChI is InChI=1S/C29H37ClN2O6/c1-6-8-16-37-27(36)22-21-25(34)32(14-10-15-33)24(29(21)17-19(4)28(22,5)38-29)26(35)31(13-7-2)23-18(3)11-9-12-20(23)30/h6-7,9,11-12,19,21-22,24,33H,1-2,8,10,13-17H2,3-5H3/t19?,21-,22-,24?,28+,29?/m0/s1. The van der Waals surface area contributed by atoms with E-state index in [4.69, 9.17) is 21.1 Å². The maximum absolute atomic E-state index is 14.5. The molecule has 3 unspecified atom stereocenters. The van der Waals surface area contributed by atoms with Crippen molar-refractivity contribution in [3.63, 3.8) is 0 Å². The Morgan fingerprint density at radius 1 is 1.34 bits per heavy atom. The van der Waals surface area contributed by atoms with Gasteiger partial charge in [0.1, 0.15) is 17.6 Å². The van der Waals surface area contributed by atoms with Crippen molar-refractivity contribution in [2.45, 2.75) is 57.3 Å². The molecule has 38 heavy (non-hydrogen) atoms. The van der Waals surface area contributed by atoms with Gasteiger partial charge in [-0.05, 0) is 50.7 Å². The van der Waals surface area contributed by atoms with Crippen LogP contribution in [0.1, 0.15) is 38.7 Å². The average Bonchev–Trinajstić information content (AvgIpc) is 3.38. The summed E-state index contributed by atoms with van der Waals surface area (Å²) in [5.41, 5.74) is -0.833. The highest BCUT2D eigenvalue weighted by molar-refractivity contribution is 6.34. The summed E-state index contributed by atoms with van der Waals surface area (Å²) in [5, 5.41) is 9.98. The van der Waals surface area contributed by atoms with Gasteiger partial charge in [0.15, 0.2) is 0 Å². The maximum atomic E-state index is 14.5. The summed E-state index contributed by atoms with van der Waals surface area (Å²) >= 11 is 6.58. The normalized spacial score (nSPS) is 31.3. The summed E-state index contributed by atoms with van der Waals surface area (Å²) in [6.45, 7) is 13.5. The van der Waals surface area contributed by atoms with E-state index in [2.05, 4.69) is 13.2 Å². The van der Waals surface area contributed by atoms with Crippen LogP contribution in [-0.2, 0) is 23.9 Å². The van der Waals surface area contributed by atoms with Crippen LogP contribution in [-0.4, -0.2) is 71.3 Å². The molecule has 3 aliphatic heterocycles. The van der Waals surface area contributed by atoms with Crippen molar-refractivity contribution < 1.29 is 29.0 Å². The molecule has 0 aliphatic carbocycles. The van der Waals surface area contributed by atoms with Crippen LogP contribution in [0.25, 0.3) is 0 Å². The largest absolute Gasteiger partial charge is 0.465 e. The van der Waals surface area contributed by atoms with Gasteiger partial charge in [0, 0.05) is 19.7 Å². The van der Waals surface area contributed by atoms with Gasteiger partial charge in [-0.2, -0.15) is 0 Å². The molecular weight excluding hydrogens is 508 g/mol. The molecule has 2 bridgehead atoms. The summed E-state index contributed by atoms with van der Waals surface area (Å²) in [7, 11) is 0. The minimum absolute atomic E-state index is 0.105. The Hall–Kier alpha value is -2.68. The second-order valence-corrected chi connectivity index (χ2v) is 11.1. The predicted octanol–water partition coefficient (Wildman–Crippen LogP) is 3.68. The lowest BCUT2D eigenvalue weighted by molar-refractivity contribution is -0.161. The highest BCUT2D eigenvalue weighted by Crippen LogP contribution is 2.65. The van der Waals surface area contributed by atoms with Gasteiger partial charge in [-0.3, -0.25) is 14.4 Å². The van der Waals surface area contributed by atoms with Crippen molar-refractivity contribution >= 4 is 35.1 Å². The van der Waals surface area contributed by atoms with Crippen LogP contribution in [0.2, 0.25) is 5.02 Å². The molecule has 206 valence electrons. The molecule has 1 N–H and O–H groups in total. The number of esters is 1. The fourth-order valence-electron chi connectivity index (χ4n) is 6.72. The number of benzene rings is 1. The molecule has 3 saturated heterocycles. The molecule has 0 radical (unpaired) electrons. The molecule has 1 aromatic rings. The topological polar surface area (TPSA) is 96.4 Å². The predicted molar refractivity (Wildman–Crippen MR) is 145 cm³/mol. The van der Waals surface area contributed by atoms with Crippen LogP contribution < -0.4 is 4.90 Å². The van der Waals surface area contributed by atoms with Crippen molar-refractivity contribution in [2.24, 2.45) is 17.8 Å². The van der Waals surface area contributed by atoms with E-state index in [1.165, 1.54) is 4.90 Å². The molecule has 1 aromatic carbocycles. The third kappa shape index (κ3) is 4.27. The summed E-state index contributed by atoms with van der Waals surface area (Å²) < 4.78 is 12.3. The quantitative estimate of drug-likeness (QED) is 0.259. The lowest BCUT2D eigenvalue weighted by atomic mass is 9.62.